The van der Waals surface area contributed by atoms with Gasteiger partial charge in [0.1, 0.15) is 11.1 Å². The van der Waals surface area contributed by atoms with Crippen LogP contribution < -0.4 is 11.1 Å². The van der Waals surface area contributed by atoms with E-state index in [1.807, 2.05) is 13.8 Å². The van der Waals surface area contributed by atoms with E-state index in [4.69, 9.17) is 15.3 Å². The topological polar surface area (TPSA) is 144 Å². The molecule has 12 heteroatoms. The van der Waals surface area contributed by atoms with E-state index in [0.717, 1.165) is 17.3 Å². The molecule has 0 bridgehead atoms. The van der Waals surface area contributed by atoms with Gasteiger partial charge in [-0.05, 0) is 43.2 Å². The number of carboxylic acid groups (broad SMARTS) is 1. The van der Waals surface area contributed by atoms with E-state index in [1.54, 1.807) is 22.1 Å². The average Bonchev–Trinajstić information content (AvgIpc) is 2.83. The fraction of sp³-hybridized carbons (Fsp3) is 0.500. The summed E-state index contributed by atoms with van der Waals surface area (Å²) in [6, 6.07) is -0.474. The monoisotopic (exact) mass is 538 g/mol. The molecule has 1 fully saturated rings. The zero-order chi connectivity index (χ0) is 27.2. The maximum Gasteiger partial charge on any atom is 0.354 e. The van der Waals surface area contributed by atoms with Crippen molar-refractivity contribution in [3.05, 3.63) is 46.1 Å². The predicted octanol–water partition coefficient (Wildman–Crippen LogP) is 3.29. The van der Waals surface area contributed by atoms with Gasteiger partial charge < -0.3 is 30.6 Å². The highest BCUT2D eigenvalue weighted by Gasteiger charge is 2.50. The first-order valence-electron chi connectivity index (χ1n) is 11.4. The number of nitrogens with two attached hydrogens (primary N) is 1. The number of hydrogen-bond donors (Lipinski definition) is 3. The third kappa shape index (κ3) is 6.47. The number of oxime groups is 1. The van der Waals surface area contributed by atoms with Crippen LogP contribution in [-0.2, 0) is 24.0 Å². The zero-order valence-corrected chi connectivity index (χ0v) is 22.9. The molecular weight excluding hydrogens is 504 g/mol. The third-order valence-electron chi connectivity index (χ3n) is 5.58. The number of esters is 1. The number of carboxylic acids is 1. The molecular formula is C24H34N4O6S2. The summed E-state index contributed by atoms with van der Waals surface area (Å²) in [4.78, 5) is 44.5. The van der Waals surface area contributed by atoms with Gasteiger partial charge in [0, 0.05) is 11.4 Å². The van der Waals surface area contributed by atoms with Gasteiger partial charge in [0.05, 0.1) is 18.2 Å². The lowest BCUT2D eigenvalue weighted by atomic mass is 9.98. The first-order chi connectivity index (χ1) is 16.9. The normalized spacial score (nSPS) is 20.4. The minimum atomic E-state index is -1.65. The molecule has 2 atom stereocenters. The van der Waals surface area contributed by atoms with Crippen LogP contribution in [0.4, 0.5) is 0 Å². The molecule has 2 rings (SSSR count). The lowest BCUT2D eigenvalue weighted by Gasteiger charge is -2.53. The van der Waals surface area contributed by atoms with Crippen molar-refractivity contribution in [3.63, 3.8) is 0 Å². The lowest BCUT2D eigenvalue weighted by molar-refractivity contribution is -0.161. The summed E-state index contributed by atoms with van der Waals surface area (Å²) in [7, 11) is 1.33. The third-order valence-corrected chi connectivity index (χ3v) is 7.62. The Labute approximate surface area is 220 Å². The van der Waals surface area contributed by atoms with Crippen molar-refractivity contribution in [1.29, 1.82) is 0 Å². The number of methoxy groups -OCH3 is 1. The van der Waals surface area contributed by atoms with Crippen LogP contribution in [0.15, 0.2) is 51.3 Å². The molecule has 36 heavy (non-hydrogen) atoms. The summed E-state index contributed by atoms with van der Waals surface area (Å²) in [5.74, 6) is -1.61. The van der Waals surface area contributed by atoms with Crippen molar-refractivity contribution in [3.8, 4) is 0 Å². The second-order valence-corrected chi connectivity index (χ2v) is 10.7. The number of nitrogens with one attached hydrogen (secondary N) is 1. The van der Waals surface area contributed by atoms with Crippen LogP contribution >= 0.6 is 23.5 Å². The summed E-state index contributed by atoms with van der Waals surface area (Å²) in [5, 5.41) is 18.0. The van der Waals surface area contributed by atoms with Gasteiger partial charge in [0.15, 0.2) is 5.71 Å². The van der Waals surface area contributed by atoms with E-state index in [9.17, 15) is 19.5 Å². The minimum Gasteiger partial charge on any atom is -0.478 e. The van der Waals surface area contributed by atoms with Crippen molar-refractivity contribution >= 4 is 47.1 Å². The summed E-state index contributed by atoms with van der Waals surface area (Å²) < 4.78 is 4.98. The lowest BCUT2D eigenvalue weighted by Crippen LogP contribution is -2.65. The Hall–Kier alpha value is -2.86. The van der Waals surface area contributed by atoms with Gasteiger partial charge >= 0.3 is 11.9 Å². The first kappa shape index (κ1) is 29.4. The van der Waals surface area contributed by atoms with Crippen LogP contribution in [0.2, 0.25) is 0 Å². The molecule has 10 nitrogen and oxygen atoms in total. The zero-order valence-electron chi connectivity index (χ0n) is 21.3. The number of carbonyl (C=O) groups is 3. The molecule has 2 unspecified atom stereocenters. The van der Waals surface area contributed by atoms with Crippen LogP contribution in [0, 0.1) is 0 Å². The van der Waals surface area contributed by atoms with Gasteiger partial charge in [0.25, 0.3) is 5.91 Å². The molecule has 0 aliphatic carbocycles. The predicted molar refractivity (Wildman–Crippen MR) is 143 cm³/mol. The second kappa shape index (κ2) is 12.4. The maximum absolute atomic E-state index is 13.5. The van der Waals surface area contributed by atoms with Gasteiger partial charge in [-0.3, -0.25) is 4.79 Å². The summed E-state index contributed by atoms with van der Waals surface area (Å²) >= 11 is 2.72. The number of nitrogens with zero attached hydrogens (tertiary/aromatic N) is 2. The highest BCUT2D eigenvalue weighted by molar-refractivity contribution is 8.05. The largest absolute Gasteiger partial charge is 0.478 e. The van der Waals surface area contributed by atoms with Gasteiger partial charge in [-0.1, -0.05) is 50.3 Å². The van der Waals surface area contributed by atoms with Crippen LogP contribution in [-0.4, -0.2) is 63.4 Å². The van der Waals surface area contributed by atoms with E-state index in [-0.39, 0.29) is 11.1 Å². The Morgan fingerprint density at radius 3 is 2.58 bits per heavy atom. The Bertz CT molecular complexity index is 1030. The molecule has 0 radical (unpaired) electrons. The van der Waals surface area contributed by atoms with Crippen molar-refractivity contribution < 1.29 is 29.1 Å². The van der Waals surface area contributed by atoms with Crippen LogP contribution in [0.25, 0.3) is 0 Å². The van der Waals surface area contributed by atoms with Crippen molar-refractivity contribution in [2.45, 2.75) is 64.0 Å². The molecule has 2 aliphatic rings. The highest BCUT2D eigenvalue weighted by Crippen LogP contribution is 2.45. The Morgan fingerprint density at radius 1 is 1.39 bits per heavy atom. The maximum atomic E-state index is 13.5. The average molecular weight is 539 g/mol. The van der Waals surface area contributed by atoms with E-state index >= 15 is 0 Å². The number of thioether (sulfide) groups is 2. The molecule has 0 saturated carbocycles. The smallest absolute Gasteiger partial charge is 0.354 e. The van der Waals surface area contributed by atoms with Crippen molar-refractivity contribution in [2.24, 2.45) is 10.9 Å². The van der Waals surface area contributed by atoms with Crippen LogP contribution in [0.5, 0.6) is 0 Å². The molecule has 4 N–H and O–H groups in total. The molecule has 0 aromatic rings. The molecule has 198 valence electrons. The molecule has 1 amide bonds. The number of amides is 1. The number of carbonyl (C=O) groups excluding carboxylic acids is 2. The molecule has 1 saturated heterocycles. The molecule has 2 heterocycles. The summed E-state index contributed by atoms with van der Waals surface area (Å²) in [6.45, 7) is 14.3. The van der Waals surface area contributed by atoms with Gasteiger partial charge in [-0.15, -0.1) is 11.8 Å². The van der Waals surface area contributed by atoms with Gasteiger partial charge in [-0.25, -0.2) is 9.59 Å². The fourth-order valence-corrected chi connectivity index (χ4v) is 5.52. The Kier molecular flexibility index (Phi) is 10.1. The minimum absolute atomic E-state index is 0.0648. The summed E-state index contributed by atoms with van der Waals surface area (Å²) in [5.41, 5.74) is 6.45. The number of ether oxygens (including phenoxy) is 1. The number of rotatable bonds is 12. The SMILES string of the molecule is C=C(N)S/C=C(CCC)/C(=N/OC(C)(C)C(=O)O)C(=O)NC1C(=C)N2C(C(=O)OC)=C(CC)CSC12. The van der Waals surface area contributed by atoms with Crippen molar-refractivity contribution in [2.75, 3.05) is 12.9 Å². The second-order valence-electron chi connectivity index (χ2n) is 8.64. The van der Waals surface area contributed by atoms with E-state index in [0.29, 0.717) is 47.0 Å². The van der Waals surface area contributed by atoms with E-state index < -0.39 is 29.5 Å². The van der Waals surface area contributed by atoms with E-state index in [1.165, 1.54) is 21.0 Å². The standard InChI is InChI=1S/C24H34N4O6S2/c1-8-10-16(12-35-14(4)25)18(27-34-24(5,6)23(31)32)20(29)26-17-13(3)28-19(22(30)33-7)15(9-2)11-36-21(17)28/h12,17,21H,3-4,8-11,25H2,1-2,5-7H3,(H,26,29)(H,31,32)/b16-12+,27-18-. The Balaban J connectivity index is 2.36. The number of aliphatic carboxylic acids is 1. The molecule has 2 aliphatic heterocycles. The first-order valence-corrected chi connectivity index (χ1v) is 13.3. The fourth-order valence-electron chi connectivity index (χ4n) is 3.48. The van der Waals surface area contributed by atoms with Crippen molar-refractivity contribution in [1.82, 2.24) is 10.2 Å². The van der Waals surface area contributed by atoms with Crippen LogP contribution in [0.1, 0.15) is 47.0 Å². The molecule has 0 aromatic heterocycles. The van der Waals surface area contributed by atoms with Crippen LogP contribution in [0.3, 0.4) is 0 Å². The van der Waals surface area contributed by atoms with Gasteiger partial charge in [0.2, 0.25) is 5.60 Å². The summed E-state index contributed by atoms with van der Waals surface area (Å²) in [6.07, 6.45) is 1.84. The van der Waals surface area contributed by atoms with Gasteiger partial charge in [-0.2, -0.15) is 0 Å². The van der Waals surface area contributed by atoms with E-state index in [2.05, 4.69) is 23.6 Å². The number of hydrogen-bond acceptors (Lipinski definition) is 10. The molecule has 0 aromatic carbocycles. The number of fused-ring (bicyclic) bond motifs is 1. The Morgan fingerprint density at radius 2 is 2.06 bits per heavy atom. The highest BCUT2D eigenvalue weighted by atomic mass is 32.2. The quantitative estimate of drug-likeness (QED) is 0.192. The molecule has 0 spiro atoms.